The van der Waals surface area contributed by atoms with Gasteiger partial charge in [-0.3, -0.25) is 0 Å². The molecule has 0 saturated carbocycles. The average Bonchev–Trinajstić information content (AvgIpc) is 2.49. The maximum Gasteiger partial charge on any atom is 0.0100 e. The van der Waals surface area contributed by atoms with Gasteiger partial charge < -0.3 is 5.73 Å². The molecular weight excluding hydrogens is 190 g/mol. The van der Waals surface area contributed by atoms with Gasteiger partial charge >= 0.3 is 0 Å². The van der Waals surface area contributed by atoms with Gasteiger partial charge in [-0.15, -0.1) is 11.3 Å². The van der Waals surface area contributed by atoms with E-state index in [0.29, 0.717) is 0 Å². The molecule has 0 aromatic carbocycles. The van der Waals surface area contributed by atoms with Crippen molar-refractivity contribution in [3.8, 4) is 0 Å². The molecule has 0 unspecified atom stereocenters. The maximum absolute atomic E-state index is 5.95. The quantitative estimate of drug-likeness (QED) is 0.794. The van der Waals surface area contributed by atoms with Crippen molar-refractivity contribution in [2.75, 3.05) is 0 Å². The minimum atomic E-state index is -0.0328. The summed E-state index contributed by atoms with van der Waals surface area (Å²) in [4.78, 5) is 2.99. The van der Waals surface area contributed by atoms with Crippen LogP contribution in [0.15, 0.2) is 12.1 Å². The van der Waals surface area contributed by atoms with Gasteiger partial charge in [0.25, 0.3) is 0 Å². The normalized spacial score (nSPS) is 12.0. The van der Waals surface area contributed by atoms with Crippen molar-refractivity contribution in [3.05, 3.63) is 21.9 Å². The zero-order valence-electron chi connectivity index (χ0n) is 9.47. The Morgan fingerprint density at radius 3 is 2.29 bits per heavy atom. The van der Waals surface area contributed by atoms with Crippen molar-refractivity contribution in [2.45, 2.75) is 52.0 Å². The number of rotatable bonds is 5. The zero-order valence-corrected chi connectivity index (χ0v) is 10.3. The summed E-state index contributed by atoms with van der Waals surface area (Å²) in [6.07, 6.45) is 4.65. The molecule has 0 aliphatic carbocycles. The van der Waals surface area contributed by atoms with Crippen LogP contribution in [0, 0.1) is 0 Å². The van der Waals surface area contributed by atoms with Crippen LogP contribution in [0.3, 0.4) is 0 Å². The first-order valence-electron chi connectivity index (χ1n) is 5.38. The van der Waals surface area contributed by atoms with Gasteiger partial charge in [0.05, 0.1) is 0 Å². The summed E-state index contributed by atoms with van der Waals surface area (Å²) in [5, 5.41) is 0. The average molecular weight is 211 g/mol. The first-order chi connectivity index (χ1) is 6.51. The highest BCUT2D eigenvalue weighted by Crippen LogP contribution is 2.21. The Labute approximate surface area is 91.3 Å². The van der Waals surface area contributed by atoms with E-state index in [1.165, 1.54) is 22.6 Å². The highest BCUT2D eigenvalue weighted by atomic mass is 32.1. The molecule has 0 aliphatic heterocycles. The van der Waals surface area contributed by atoms with Crippen LogP contribution in [0.2, 0.25) is 0 Å². The summed E-state index contributed by atoms with van der Waals surface area (Å²) < 4.78 is 0. The van der Waals surface area contributed by atoms with Crippen molar-refractivity contribution in [3.63, 3.8) is 0 Å². The van der Waals surface area contributed by atoms with Gasteiger partial charge in [0, 0.05) is 15.3 Å². The van der Waals surface area contributed by atoms with Gasteiger partial charge in [-0.1, -0.05) is 13.3 Å². The molecular formula is C12H21NS. The lowest BCUT2D eigenvalue weighted by atomic mass is 10.00. The first kappa shape index (κ1) is 11.7. The Hall–Kier alpha value is -0.340. The van der Waals surface area contributed by atoms with E-state index in [9.17, 15) is 0 Å². The van der Waals surface area contributed by atoms with Gasteiger partial charge in [-0.05, 0) is 45.2 Å². The molecule has 0 aliphatic rings. The van der Waals surface area contributed by atoms with Crippen LogP contribution in [0.25, 0.3) is 0 Å². The fourth-order valence-electron chi connectivity index (χ4n) is 1.38. The number of aryl methyl sites for hydroxylation is 2. The highest BCUT2D eigenvalue weighted by Gasteiger charge is 2.11. The molecule has 2 N–H and O–H groups in total. The van der Waals surface area contributed by atoms with Crippen LogP contribution >= 0.6 is 11.3 Å². The van der Waals surface area contributed by atoms with Crippen LogP contribution in [-0.4, -0.2) is 5.54 Å². The Morgan fingerprint density at radius 2 is 1.79 bits per heavy atom. The van der Waals surface area contributed by atoms with E-state index in [1.807, 2.05) is 11.3 Å². The van der Waals surface area contributed by atoms with Gasteiger partial charge in [-0.2, -0.15) is 0 Å². The van der Waals surface area contributed by atoms with Crippen LogP contribution in [0.1, 0.15) is 43.4 Å². The van der Waals surface area contributed by atoms with Crippen molar-refractivity contribution < 1.29 is 0 Å². The lowest BCUT2D eigenvalue weighted by Crippen LogP contribution is -2.32. The number of nitrogens with two attached hydrogens (primary N) is 1. The molecule has 14 heavy (non-hydrogen) atoms. The molecule has 0 saturated heterocycles. The third-order valence-electron chi connectivity index (χ3n) is 2.23. The topological polar surface area (TPSA) is 26.0 Å². The second kappa shape index (κ2) is 4.94. The fourth-order valence-corrected chi connectivity index (χ4v) is 2.50. The summed E-state index contributed by atoms with van der Waals surface area (Å²) in [5.41, 5.74) is 5.92. The van der Waals surface area contributed by atoms with Gasteiger partial charge in [0.1, 0.15) is 0 Å². The van der Waals surface area contributed by atoms with Crippen LogP contribution < -0.4 is 5.73 Å². The molecule has 1 nitrogen and oxygen atoms in total. The SMILES string of the molecule is CCCc1ccc(CCC(C)(C)N)s1. The largest absolute Gasteiger partial charge is 0.326 e. The Bertz CT molecular complexity index is 270. The molecule has 1 aromatic heterocycles. The van der Waals surface area contributed by atoms with E-state index in [2.05, 4.69) is 32.9 Å². The summed E-state index contributed by atoms with van der Waals surface area (Å²) in [5.74, 6) is 0. The Kier molecular flexibility index (Phi) is 4.14. The third kappa shape index (κ3) is 4.25. The molecule has 0 bridgehead atoms. The van der Waals surface area contributed by atoms with E-state index in [4.69, 9.17) is 5.73 Å². The number of thiophene rings is 1. The molecule has 0 spiro atoms. The lowest BCUT2D eigenvalue weighted by molar-refractivity contribution is 0.478. The number of hydrogen-bond donors (Lipinski definition) is 1. The predicted octanol–water partition coefficient (Wildman–Crippen LogP) is 3.37. The molecule has 0 fully saturated rings. The molecule has 80 valence electrons. The van der Waals surface area contributed by atoms with Crippen molar-refractivity contribution in [1.82, 2.24) is 0 Å². The van der Waals surface area contributed by atoms with Crippen LogP contribution in [-0.2, 0) is 12.8 Å². The van der Waals surface area contributed by atoms with E-state index in [1.54, 1.807) is 0 Å². The van der Waals surface area contributed by atoms with E-state index < -0.39 is 0 Å². The van der Waals surface area contributed by atoms with Crippen molar-refractivity contribution in [1.29, 1.82) is 0 Å². The maximum atomic E-state index is 5.95. The predicted molar refractivity (Wildman–Crippen MR) is 64.9 cm³/mol. The Morgan fingerprint density at radius 1 is 1.21 bits per heavy atom. The minimum Gasteiger partial charge on any atom is -0.326 e. The van der Waals surface area contributed by atoms with E-state index in [-0.39, 0.29) is 5.54 Å². The molecule has 0 atom stereocenters. The lowest BCUT2D eigenvalue weighted by Gasteiger charge is -2.17. The second-order valence-electron chi connectivity index (χ2n) is 4.61. The van der Waals surface area contributed by atoms with Gasteiger partial charge in [-0.25, -0.2) is 0 Å². The van der Waals surface area contributed by atoms with Crippen LogP contribution in [0.5, 0.6) is 0 Å². The monoisotopic (exact) mass is 211 g/mol. The zero-order chi connectivity index (χ0) is 10.6. The molecule has 1 heterocycles. The summed E-state index contributed by atoms with van der Waals surface area (Å²) in [7, 11) is 0. The molecule has 1 aromatic rings. The van der Waals surface area contributed by atoms with Gasteiger partial charge in [0.15, 0.2) is 0 Å². The first-order valence-corrected chi connectivity index (χ1v) is 6.19. The Balaban J connectivity index is 2.44. The number of hydrogen-bond acceptors (Lipinski definition) is 2. The molecule has 0 amide bonds. The molecule has 2 heteroatoms. The summed E-state index contributed by atoms with van der Waals surface area (Å²) in [6, 6.07) is 4.51. The van der Waals surface area contributed by atoms with E-state index >= 15 is 0 Å². The standard InChI is InChI=1S/C12H21NS/c1-4-5-10-6-7-11(14-10)8-9-12(2,3)13/h6-7H,4-5,8-9,13H2,1-3H3. The van der Waals surface area contributed by atoms with E-state index in [0.717, 1.165) is 12.8 Å². The van der Waals surface area contributed by atoms with Crippen LogP contribution in [0.4, 0.5) is 0 Å². The smallest absolute Gasteiger partial charge is 0.0100 e. The summed E-state index contributed by atoms with van der Waals surface area (Å²) >= 11 is 1.94. The minimum absolute atomic E-state index is 0.0328. The highest BCUT2D eigenvalue weighted by molar-refractivity contribution is 7.11. The summed E-state index contributed by atoms with van der Waals surface area (Å²) in [6.45, 7) is 6.41. The van der Waals surface area contributed by atoms with Crippen molar-refractivity contribution in [2.24, 2.45) is 5.73 Å². The molecule has 1 rings (SSSR count). The third-order valence-corrected chi connectivity index (χ3v) is 3.43. The second-order valence-corrected chi connectivity index (χ2v) is 5.86. The fraction of sp³-hybridized carbons (Fsp3) is 0.667. The van der Waals surface area contributed by atoms with Crippen molar-refractivity contribution >= 4 is 11.3 Å². The molecule has 0 radical (unpaired) electrons. The van der Waals surface area contributed by atoms with Gasteiger partial charge in [0.2, 0.25) is 0 Å².